The van der Waals surface area contributed by atoms with Crippen LogP contribution in [0.2, 0.25) is 0 Å². The second kappa shape index (κ2) is 6.73. The number of carbonyl (C=O) groups is 2. The number of amides is 1. The molecule has 2 aliphatic heterocycles. The van der Waals surface area contributed by atoms with Crippen molar-refractivity contribution in [3.05, 3.63) is 41.7 Å². The second-order valence-corrected chi connectivity index (χ2v) is 6.55. The van der Waals surface area contributed by atoms with Crippen molar-refractivity contribution in [1.29, 1.82) is 0 Å². The van der Waals surface area contributed by atoms with Crippen molar-refractivity contribution >= 4 is 18.0 Å². The minimum absolute atomic E-state index is 0.0831. The summed E-state index contributed by atoms with van der Waals surface area (Å²) in [5.74, 6) is -1.92. The normalized spacial score (nSPS) is 23.7. The van der Waals surface area contributed by atoms with Gasteiger partial charge in [0, 0.05) is 26.1 Å². The van der Waals surface area contributed by atoms with Crippen molar-refractivity contribution in [2.24, 2.45) is 5.92 Å². The molecule has 3 rings (SSSR count). The van der Waals surface area contributed by atoms with Crippen molar-refractivity contribution in [3.8, 4) is 0 Å². The zero-order valence-corrected chi connectivity index (χ0v) is 13.4. The van der Waals surface area contributed by atoms with Gasteiger partial charge in [0.25, 0.3) is 0 Å². The lowest BCUT2D eigenvalue weighted by Crippen LogP contribution is -2.55. The van der Waals surface area contributed by atoms with E-state index in [1.54, 1.807) is 12.1 Å². The lowest BCUT2D eigenvalue weighted by Gasteiger charge is -2.41. The van der Waals surface area contributed by atoms with Crippen LogP contribution in [0.15, 0.2) is 30.3 Å². The van der Waals surface area contributed by atoms with Gasteiger partial charge >= 0.3 is 5.97 Å². The van der Waals surface area contributed by atoms with Crippen molar-refractivity contribution in [1.82, 2.24) is 10.2 Å². The highest BCUT2D eigenvalue weighted by atomic mass is 19.1. The average molecular weight is 332 g/mol. The molecule has 1 spiro atoms. The maximum absolute atomic E-state index is 12.9. The fourth-order valence-electron chi connectivity index (χ4n) is 3.64. The smallest absolute Gasteiger partial charge is 0.309 e. The summed E-state index contributed by atoms with van der Waals surface area (Å²) in [7, 11) is 0. The number of halogens is 1. The van der Waals surface area contributed by atoms with E-state index in [0.717, 1.165) is 25.2 Å². The monoisotopic (exact) mass is 332 g/mol. The third-order valence-electron chi connectivity index (χ3n) is 5.04. The molecule has 5 nitrogen and oxygen atoms in total. The van der Waals surface area contributed by atoms with E-state index in [-0.39, 0.29) is 18.1 Å². The van der Waals surface area contributed by atoms with Gasteiger partial charge in [0.2, 0.25) is 5.91 Å². The number of hydrogen-bond acceptors (Lipinski definition) is 3. The summed E-state index contributed by atoms with van der Waals surface area (Å²) >= 11 is 0. The van der Waals surface area contributed by atoms with Crippen molar-refractivity contribution in [3.63, 3.8) is 0 Å². The number of carboxylic acid groups (broad SMARTS) is 1. The molecule has 128 valence electrons. The quantitative estimate of drug-likeness (QED) is 0.883. The first kappa shape index (κ1) is 16.6. The molecular formula is C18H21FN2O3. The lowest BCUT2D eigenvalue weighted by atomic mass is 9.78. The van der Waals surface area contributed by atoms with Gasteiger partial charge < -0.3 is 10.4 Å². The summed E-state index contributed by atoms with van der Waals surface area (Å²) in [6.45, 7) is 2.24. The van der Waals surface area contributed by atoms with Gasteiger partial charge in [0.05, 0.1) is 11.5 Å². The Morgan fingerprint density at radius 1 is 1.33 bits per heavy atom. The molecule has 0 aromatic heterocycles. The molecular weight excluding hydrogens is 311 g/mol. The van der Waals surface area contributed by atoms with Gasteiger partial charge in [-0.25, -0.2) is 4.39 Å². The third kappa shape index (κ3) is 3.48. The number of piperidine rings is 1. The molecule has 1 aromatic rings. The number of hydrogen-bond donors (Lipinski definition) is 2. The number of carboxylic acids is 1. The molecule has 6 heteroatoms. The zero-order chi connectivity index (χ0) is 17.2. The Hall–Kier alpha value is -2.21. The van der Waals surface area contributed by atoms with Crippen LogP contribution in [0, 0.1) is 11.7 Å². The highest BCUT2D eigenvalue weighted by Crippen LogP contribution is 2.36. The van der Waals surface area contributed by atoms with Crippen LogP contribution in [0.5, 0.6) is 0 Å². The predicted octanol–water partition coefficient (Wildman–Crippen LogP) is 1.89. The summed E-state index contributed by atoms with van der Waals surface area (Å²) in [4.78, 5) is 25.3. The third-order valence-corrected chi connectivity index (χ3v) is 5.04. The Morgan fingerprint density at radius 3 is 2.62 bits per heavy atom. The van der Waals surface area contributed by atoms with E-state index in [0.29, 0.717) is 12.8 Å². The van der Waals surface area contributed by atoms with Gasteiger partial charge in [-0.15, -0.1) is 0 Å². The van der Waals surface area contributed by atoms with Crippen molar-refractivity contribution < 1.29 is 19.1 Å². The first-order valence-electron chi connectivity index (χ1n) is 8.17. The number of nitrogens with zero attached hydrogens (tertiary/aromatic N) is 1. The summed E-state index contributed by atoms with van der Waals surface area (Å²) in [5.41, 5.74) is 0.360. The maximum Gasteiger partial charge on any atom is 0.309 e. The molecule has 1 aromatic carbocycles. The van der Waals surface area contributed by atoms with Crippen LogP contribution >= 0.6 is 0 Å². The molecule has 1 atom stereocenters. The summed E-state index contributed by atoms with van der Waals surface area (Å²) in [6.07, 6.45) is 5.36. The molecule has 2 fully saturated rings. The molecule has 2 heterocycles. The van der Waals surface area contributed by atoms with E-state index >= 15 is 0 Å². The van der Waals surface area contributed by atoms with Crippen LogP contribution in [-0.2, 0) is 9.59 Å². The molecule has 1 unspecified atom stereocenters. The van der Waals surface area contributed by atoms with E-state index in [1.165, 1.54) is 12.1 Å². The minimum atomic E-state index is -0.891. The topological polar surface area (TPSA) is 69.6 Å². The van der Waals surface area contributed by atoms with E-state index in [2.05, 4.69) is 10.2 Å². The number of aliphatic carboxylic acids is 1. The first-order valence-corrected chi connectivity index (χ1v) is 8.17. The van der Waals surface area contributed by atoms with Crippen LogP contribution in [0.3, 0.4) is 0 Å². The van der Waals surface area contributed by atoms with Crippen molar-refractivity contribution in [2.75, 3.05) is 19.6 Å². The number of likely N-dealkylation sites (tertiary alicyclic amines) is 1. The molecule has 1 amide bonds. The maximum atomic E-state index is 12.9. The fraction of sp³-hybridized carbons (Fsp3) is 0.444. The molecule has 0 saturated carbocycles. The van der Waals surface area contributed by atoms with Crippen LogP contribution in [0.1, 0.15) is 24.8 Å². The largest absolute Gasteiger partial charge is 0.481 e. The van der Waals surface area contributed by atoms with Crippen LogP contribution in [0.4, 0.5) is 4.39 Å². The lowest BCUT2D eigenvalue weighted by molar-refractivity contribution is -0.144. The highest BCUT2D eigenvalue weighted by molar-refractivity contribution is 5.88. The molecule has 24 heavy (non-hydrogen) atoms. The molecule has 0 radical (unpaired) electrons. The molecule has 2 saturated heterocycles. The standard InChI is InChI=1S/C18H21FN2O3/c19-14-5-3-13(4-6-14)2-1-9-21-10-7-18(8-11-21)15(17(23)24)12-16(22)20-18/h1-6,15H,7-12H2,(H,20,22)(H,23,24)/b2-1+. The average Bonchev–Trinajstić information content (AvgIpc) is 2.88. The Morgan fingerprint density at radius 2 is 2.00 bits per heavy atom. The molecule has 0 aliphatic carbocycles. The Bertz CT molecular complexity index is 649. The summed E-state index contributed by atoms with van der Waals surface area (Å²) in [6, 6.07) is 6.31. The van der Waals surface area contributed by atoms with E-state index in [4.69, 9.17) is 0 Å². The van der Waals surface area contributed by atoms with Gasteiger partial charge in [0.1, 0.15) is 5.82 Å². The highest BCUT2D eigenvalue weighted by Gasteiger charge is 2.51. The number of carbonyl (C=O) groups excluding carboxylic acids is 1. The van der Waals surface area contributed by atoms with Gasteiger partial charge in [-0.3, -0.25) is 14.5 Å². The SMILES string of the molecule is O=C1CC(C(=O)O)C2(CCN(C/C=C/c3ccc(F)cc3)CC2)N1. The molecule has 0 bridgehead atoms. The zero-order valence-electron chi connectivity index (χ0n) is 13.4. The van der Waals surface area contributed by atoms with E-state index in [1.807, 2.05) is 12.2 Å². The van der Waals surface area contributed by atoms with E-state index in [9.17, 15) is 19.1 Å². The first-order chi connectivity index (χ1) is 11.5. The van der Waals surface area contributed by atoms with Crippen LogP contribution < -0.4 is 5.32 Å². The Kier molecular flexibility index (Phi) is 4.66. The fourth-order valence-corrected chi connectivity index (χ4v) is 3.64. The van der Waals surface area contributed by atoms with E-state index < -0.39 is 17.4 Å². The second-order valence-electron chi connectivity index (χ2n) is 6.55. The predicted molar refractivity (Wildman–Crippen MR) is 87.7 cm³/mol. The van der Waals surface area contributed by atoms with Gasteiger partial charge in [0.15, 0.2) is 0 Å². The number of rotatable bonds is 4. The van der Waals surface area contributed by atoms with Gasteiger partial charge in [-0.05, 0) is 30.5 Å². The Balaban J connectivity index is 1.54. The van der Waals surface area contributed by atoms with Crippen molar-refractivity contribution in [2.45, 2.75) is 24.8 Å². The van der Waals surface area contributed by atoms with Gasteiger partial charge in [-0.2, -0.15) is 0 Å². The summed E-state index contributed by atoms with van der Waals surface area (Å²) in [5, 5.41) is 12.3. The molecule has 2 N–H and O–H groups in total. The summed E-state index contributed by atoms with van der Waals surface area (Å²) < 4.78 is 12.9. The number of benzene rings is 1. The Labute approximate surface area is 140 Å². The van der Waals surface area contributed by atoms with Crippen LogP contribution in [-0.4, -0.2) is 47.1 Å². The minimum Gasteiger partial charge on any atom is -0.481 e. The number of nitrogens with one attached hydrogen (secondary N) is 1. The van der Waals surface area contributed by atoms with Crippen LogP contribution in [0.25, 0.3) is 6.08 Å². The molecule has 2 aliphatic rings. The van der Waals surface area contributed by atoms with Gasteiger partial charge in [-0.1, -0.05) is 24.3 Å².